The molecule has 0 amide bonds. The quantitative estimate of drug-likeness (QED) is 0.621. The molecule has 1 heterocycles. The van der Waals surface area contributed by atoms with Gasteiger partial charge in [0.2, 0.25) is 0 Å². The molecule has 2 nitrogen and oxygen atoms in total. The van der Waals surface area contributed by atoms with E-state index in [-0.39, 0.29) is 0 Å². The van der Waals surface area contributed by atoms with E-state index in [0.29, 0.717) is 0 Å². The van der Waals surface area contributed by atoms with Gasteiger partial charge in [0.05, 0.1) is 0 Å². The summed E-state index contributed by atoms with van der Waals surface area (Å²) in [6.45, 7) is 6.22. The zero-order valence-corrected chi connectivity index (χ0v) is 11.6. The average Bonchev–Trinajstić information content (AvgIpc) is 3.06. The zero-order valence-electron chi connectivity index (χ0n) is 11.6. The topological polar surface area (TPSA) is 15.3 Å². The van der Waals surface area contributed by atoms with E-state index in [0.717, 1.165) is 12.1 Å². The molecule has 1 atom stereocenters. The van der Waals surface area contributed by atoms with Crippen molar-refractivity contribution < 1.29 is 0 Å². The Bertz CT molecular complexity index is 195. The minimum atomic E-state index is 0.797. The Morgan fingerprint density at radius 2 is 1.88 bits per heavy atom. The van der Waals surface area contributed by atoms with Gasteiger partial charge in [-0.25, -0.2) is 0 Å². The van der Waals surface area contributed by atoms with E-state index in [9.17, 15) is 0 Å². The van der Waals surface area contributed by atoms with Gasteiger partial charge >= 0.3 is 0 Å². The van der Waals surface area contributed by atoms with Gasteiger partial charge in [0.15, 0.2) is 0 Å². The summed E-state index contributed by atoms with van der Waals surface area (Å²) in [5.41, 5.74) is 0. The smallest absolute Gasteiger partial charge is 0.0195 e. The first-order valence-electron chi connectivity index (χ1n) is 7.87. The molecule has 1 aliphatic heterocycles. The van der Waals surface area contributed by atoms with Gasteiger partial charge in [0, 0.05) is 18.6 Å². The summed E-state index contributed by atoms with van der Waals surface area (Å²) >= 11 is 0. The highest BCUT2D eigenvalue weighted by atomic mass is 15.2. The van der Waals surface area contributed by atoms with Crippen LogP contribution in [0.15, 0.2) is 0 Å². The van der Waals surface area contributed by atoms with E-state index in [1.54, 1.807) is 0 Å². The predicted octanol–water partition coefficient (Wildman–Crippen LogP) is 3.17. The fourth-order valence-electron chi connectivity index (χ4n) is 2.98. The van der Waals surface area contributed by atoms with Crippen molar-refractivity contribution in [2.75, 3.05) is 19.6 Å². The lowest BCUT2D eigenvalue weighted by Gasteiger charge is -2.25. The summed E-state index contributed by atoms with van der Waals surface area (Å²) in [7, 11) is 0. The van der Waals surface area contributed by atoms with Crippen molar-refractivity contribution in [2.45, 2.75) is 76.8 Å². The molecule has 0 aromatic carbocycles. The molecule has 1 unspecified atom stereocenters. The Morgan fingerprint density at radius 1 is 1.06 bits per heavy atom. The second-order valence-electron chi connectivity index (χ2n) is 5.93. The third kappa shape index (κ3) is 4.97. The molecule has 100 valence electrons. The summed E-state index contributed by atoms with van der Waals surface area (Å²) in [5.74, 6) is 0. The molecule has 0 aromatic rings. The normalized spacial score (nSPS) is 24.7. The van der Waals surface area contributed by atoms with E-state index < -0.39 is 0 Å². The fraction of sp³-hybridized carbons (Fsp3) is 1.00. The molecule has 2 fully saturated rings. The highest BCUT2D eigenvalue weighted by Gasteiger charge is 2.30. The first-order valence-corrected chi connectivity index (χ1v) is 7.87. The van der Waals surface area contributed by atoms with Gasteiger partial charge in [-0.15, -0.1) is 0 Å². The van der Waals surface area contributed by atoms with Crippen LogP contribution in [0.3, 0.4) is 0 Å². The molecule has 17 heavy (non-hydrogen) atoms. The Kier molecular flexibility index (Phi) is 5.79. The largest absolute Gasteiger partial charge is 0.313 e. The van der Waals surface area contributed by atoms with E-state index >= 15 is 0 Å². The standard InChI is InChI=1S/C15H30N2/c1-2-3-4-5-6-12-17(15-9-10-15)13-14-8-7-11-16-14/h14-16H,2-13H2,1H3. The highest BCUT2D eigenvalue weighted by Crippen LogP contribution is 2.28. The average molecular weight is 238 g/mol. The van der Waals surface area contributed by atoms with Crippen LogP contribution >= 0.6 is 0 Å². The van der Waals surface area contributed by atoms with Crippen molar-refractivity contribution in [1.29, 1.82) is 0 Å². The minimum absolute atomic E-state index is 0.797. The van der Waals surface area contributed by atoms with Crippen LogP contribution in [0.5, 0.6) is 0 Å². The van der Waals surface area contributed by atoms with Gasteiger partial charge in [-0.2, -0.15) is 0 Å². The van der Waals surface area contributed by atoms with E-state index in [1.807, 2.05) is 0 Å². The number of rotatable bonds is 9. The maximum Gasteiger partial charge on any atom is 0.0195 e. The van der Waals surface area contributed by atoms with Crippen molar-refractivity contribution in [2.24, 2.45) is 0 Å². The van der Waals surface area contributed by atoms with Crippen molar-refractivity contribution >= 4 is 0 Å². The van der Waals surface area contributed by atoms with Crippen LogP contribution in [0.2, 0.25) is 0 Å². The fourth-order valence-corrected chi connectivity index (χ4v) is 2.98. The highest BCUT2D eigenvalue weighted by molar-refractivity contribution is 4.88. The second-order valence-corrected chi connectivity index (χ2v) is 5.93. The number of hydrogen-bond donors (Lipinski definition) is 1. The van der Waals surface area contributed by atoms with Crippen LogP contribution in [0.1, 0.15) is 64.7 Å². The lowest BCUT2D eigenvalue weighted by Crippen LogP contribution is -2.39. The number of nitrogens with zero attached hydrogens (tertiary/aromatic N) is 1. The van der Waals surface area contributed by atoms with Crippen LogP contribution in [0, 0.1) is 0 Å². The lowest BCUT2D eigenvalue weighted by atomic mass is 10.1. The molecular formula is C15H30N2. The summed E-state index contributed by atoms with van der Waals surface area (Å²) in [5, 5.41) is 3.64. The van der Waals surface area contributed by atoms with Crippen molar-refractivity contribution in [3.63, 3.8) is 0 Å². The molecule has 2 rings (SSSR count). The van der Waals surface area contributed by atoms with Crippen LogP contribution < -0.4 is 5.32 Å². The zero-order chi connectivity index (χ0) is 11.9. The maximum absolute atomic E-state index is 3.64. The molecule has 1 aliphatic carbocycles. The second kappa shape index (κ2) is 7.38. The molecule has 1 saturated heterocycles. The molecule has 0 bridgehead atoms. The Balaban J connectivity index is 1.59. The third-order valence-corrected chi connectivity index (χ3v) is 4.23. The number of hydrogen-bond acceptors (Lipinski definition) is 2. The minimum Gasteiger partial charge on any atom is -0.313 e. The van der Waals surface area contributed by atoms with E-state index in [2.05, 4.69) is 17.1 Å². The first-order chi connectivity index (χ1) is 8.40. The third-order valence-electron chi connectivity index (χ3n) is 4.23. The van der Waals surface area contributed by atoms with Crippen LogP contribution in [0.25, 0.3) is 0 Å². The monoisotopic (exact) mass is 238 g/mol. The lowest BCUT2D eigenvalue weighted by molar-refractivity contribution is 0.234. The van der Waals surface area contributed by atoms with E-state index in [4.69, 9.17) is 0 Å². The molecule has 1 N–H and O–H groups in total. The molecular weight excluding hydrogens is 208 g/mol. The molecule has 0 aromatic heterocycles. The van der Waals surface area contributed by atoms with Gasteiger partial charge in [0.1, 0.15) is 0 Å². The molecule has 2 aliphatic rings. The molecule has 2 heteroatoms. The summed E-state index contributed by atoms with van der Waals surface area (Å²) in [6.07, 6.45) is 12.8. The maximum atomic E-state index is 3.64. The molecule has 1 saturated carbocycles. The van der Waals surface area contributed by atoms with Gasteiger partial charge in [-0.3, -0.25) is 4.90 Å². The van der Waals surface area contributed by atoms with E-state index in [1.165, 1.54) is 77.4 Å². The van der Waals surface area contributed by atoms with Gasteiger partial charge in [-0.1, -0.05) is 32.6 Å². The summed E-state index contributed by atoms with van der Waals surface area (Å²) < 4.78 is 0. The Hall–Kier alpha value is -0.0800. The van der Waals surface area contributed by atoms with Crippen LogP contribution in [0.4, 0.5) is 0 Å². The van der Waals surface area contributed by atoms with Crippen molar-refractivity contribution in [3.05, 3.63) is 0 Å². The molecule has 0 radical (unpaired) electrons. The van der Waals surface area contributed by atoms with Crippen LogP contribution in [-0.4, -0.2) is 36.6 Å². The van der Waals surface area contributed by atoms with Crippen molar-refractivity contribution in [3.8, 4) is 0 Å². The first kappa shape index (κ1) is 13.4. The Labute approximate surface area is 107 Å². The Morgan fingerprint density at radius 3 is 2.53 bits per heavy atom. The summed E-state index contributed by atoms with van der Waals surface area (Å²) in [6, 6.07) is 1.75. The van der Waals surface area contributed by atoms with Crippen molar-refractivity contribution in [1.82, 2.24) is 10.2 Å². The number of nitrogens with one attached hydrogen (secondary N) is 1. The van der Waals surface area contributed by atoms with Gasteiger partial charge in [-0.05, 0) is 45.2 Å². The number of unbranched alkanes of at least 4 members (excludes halogenated alkanes) is 4. The van der Waals surface area contributed by atoms with Gasteiger partial charge in [0.25, 0.3) is 0 Å². The SMILES string of the molecule is CCCCCCCN(CC1CCCN1)C1CC1. The van der Waals surface area contributed by atoms with Crippen LogP contribution in [-0.2, 0) is 0 Å². The predicted molar refractivity (Wildman–Crippen MR) is 74.4 cm³/mol. The van der Waals surface area contributed by atoms with Gasteiger partial charge < -0.3 is 5.32 Å². The summed E-state index contributed by atoms with van der Waals surface area (Å²) in [4.78, 5) is 2.77. The molecule has 0 spiro atoms.